The zero-order valence-electron chi connectivity index (χ0n) is 18.9. The van der Waals surface area contributed by atoms with Gasteiger partial charge in [0.05, 0.1) is 5.69 Å². The molecule has 0 N–H and O–H groups in total. The van der Waals surface area contributed by atoms with E-state index < -0.39 is 0 Å². The normalized spacial score (nSPS) is 24.2. The molecule has 164 valence electrons. The fraction of sp³-hybridized carbons (Fsp3) is 0.333. The van der Waals surface area contributed by atoms with Crippen molar-refractivity contribution in [3.63, 3.8) is 0 Å². The predicted octanol–water partition coefficient (Wildman–Crippen LogP) is 4.88. The largest absolute Gasteiger partial charge is 0.306 e. The van der Waals surface area contributed by atoms with E-state index in [1.807, 2.05) is 54.1 Å². The van der Waals surface area contributed by atoms with Crippen molar-refractivity contribution in [2.24, 2.45) is 5.92 Å². The second-order valence-electron chi connectivity index (χ2n) is 8.90. The molecule has 0 spiro atoms. The number of aryl methyl sites for hydroxylation is 1. The van der Waals surface area contributed by atoms with Gasteiger partial charge in [0.1, 0.15) is 5.65 Å². The molecular weight excluding hydrogens is 396 g/mol. The van der Waals surface area contributed by atoms with Crippen molar-refractivity contribution >= 4 is 17.1 Å². The molecule has 3 aliphatic rings. The third kappa shape index (κ3) is 4.13. The van der Waals surface area contributed by atoms with Crippen molar-refractivity contribution in [1.29, 1.82) is 0 Å². The number of carbonyl (C=O) groups excluding carboxylic acids is 1. The van der Waals surface area contributed by atoms with Crippen LogP contribution in [0.2, 0.25) is 0 Å². The quantitative estimate of drug-likeness (QED) is 0.699. The van der Waals surface area contributed by atoms with Crippen LogP contribution in [0.4, 0.5) is 0 Å². The van der Waals surface area contributed by atoms with E-state index in [2.05, 4.69) is 35.2 Å². The lowest BCUT2D eigenvalue weighted by Crippen LogP contribution is -2.35. The maximum Gasteiger partial charge on any atom is 0.255 e. The van der Waals surface area contributed by atoms with Gasteiger partial charge in [0.25, 0.3) is 5.91 Å². The summed E-state index contributed by atoms with van der Waals surface area (Å²) >= 11 is 0. The molecule has 0 radical (unpaired) electrons. The number of piperidine rings is 1. The van der Waals surface area contributed by atoms with E-state index in [9.17, 15) is 4.79 Å². The highest BCUT2D eigenvalue weighted by Gasteiger charge is 2.25. The molecule has 5 heterocycles. The Kier molecular flexibility index (Phi) is 5.66. The summed E-state index contributed by atoms with van der Waals surface area (Å²) in [5, 5.41) is 0. The van der Waals surface area contributed by atoms with Gasteiger partial charge in [-0.15, -0.1) is 0 Å². The number of carbonyl (C=O) groups is 1. The Morgan fingerprint density at radius 3 is 2.75 bits per heavy atom. The van der Waals surface area contributed by atoms with E-state index in [0.29, 0.717) is 5.92 Å². The van der Waals surface area contributed by atoms with Crippen molar-refractivity contribution in [2.45, 2.75) is 33.1 Å². The van der Waals surface area contributed by atoms with Gasteiger partial charge in [0.2, 0.25) is 0 Å². The lowest BCUT2D eigenvalue weighted by molar-refractivity contribution is -0.122. The number of rotatable bonds is 4. The van der Waals surface area contributed by atoms with Crippen molar-refractivity contribution in [3.05, 3.63) is 89.7 Å². The monoisotopic (exact) mass is 426 g/mol. The van der Waals surface area contributed by atoms with Gasteiger partial charge in [-0.1, -0.05) is 25.2 Å². The molecule has 1 amide bonds. The minimum absolute atomic E-state index is 0.0113. The standard InChI is InChI=1S/C27H30N4O/c1-3-13-29-14-11-21(12-15-29)24-7-9-25-6-4-5-22(16-27(32)31(25)19-24)23-8-10-26-28-20(2)17-30(26)18-23/h4-10,16-19,21H,3,11-15H2,1-2H3/b5-4+,22-16+,25-6+. The van der Waals surface area contributed by atoms with E-state index in [-0.39, 0.29) is 5.91 Å². The molecule has 0 bridgehead atoms. The number of hydrogen-bond acceptors (Lipinski definition) is 3. The van der Waals surface area contributed by atoms with Crippen LogP contribution in [0.25, 0.3) is 11.2 Å². The van der Waals surface area contributed by atoms with Crippen LogP contribution >= 0.6 is 0 Å². The summed E-state index contributed by atoms with van der Waals surface area (Å²) in [6, 6.07) is 4.02. The first-order chi connectivity index (χ1) is 15.6. The highest BCUT2D eigenvalue weighted by atomic mass is 16.2. The van der Waals surface area contributed by atoms with Crippen molar-refractivity contribution in [2.75, 3.05) is 19.6 Å². The average molecular weight is 427 g/mol. The van der Waals surface area contributed by atoms with Crippen LogP contribution in [0, 0.1) is 12.8 Å². The number of fused-ring (bicyclic) bond motifs is 2. The lowest BCUT2D eigenvalue weighted by atomic mass is 9.88. The van der Waals surface area contributed by atoms with Crippen molar-refractivity contribution in [1.82, 2.24) is 19.2 Å². The summed E-state index contributed by atoms with van der Waals surface area (Å²) in [6.45, 7) is 7.69. The van der Waals surface area contributed by atoms with Crippen LogP contribution in [0.15, 0.2) is 78.5 Å². The van der Waals surface area contributed by atoms with E-state index in [1.54, 1.807) is 11.0 Å². The highest BCUT2D eigenvalue weighted by molar-refractivity contribution is 5.99. The van der Waals surface area contributed by atoms with Crippen LogP contribution in [-0.4, -0.2) is 44.7 Å². The number of likely N-dealkylation sites (tertiary alicyclic amines) is 1. The highest BCUT2D eigenvalue weighted by Crippen LogP contribution is 2.31. The third-order valence-electron chi connectivity index (χ3n) is 6.57. The number of pyridine rings is 1. The van der Waals surface area contributed by atoms with Crippen LogP contribution in [0.3, 0.4) is 0 Å². The molecule has 2 aromatic heterocycles. The van der Waals surface area contributed by atoms with Gasteiger partial charge in [-0.05, 0) is 92.7 Å². The Morgan fingerprint density at radius 2 is 1.94 bits per heavy atom. The number of hydrogen-bond donors (Lipinski definition) is 0. The number of allylic oxidation sites excluding steroid dienone is 7. The second-order valence-corrected chi connectivity index (χ2v) is 8.90. The van der Waals surface area contributed by atoms with Gasteiger partial charge in [-0.25, -0.2) is 4.98 Å². The molecule has 5 nitrogen and oxygen atoms in total. The first kappa shape index (κ1) is 20.7. The summed E-state index contributed by atoms with van der Waals surface area (Å²) in [6.07, 6.45) is 21.7. The topological polar surface area (TPSA) is 40.8 Å². The molecule has 5 heteroatoms. The Labute approximate surface area is 189 Å². The number of nitrogens with zero attached hydrogens (tertiary/aromatic N) is 4. The maximum absolute atomic E-state index is 13.3. The van der Waals surface area contributed by atoms with Crippen LogP contribution in [0.5, 0.6) is 0 Å². The predicted molar refractivity (Wildman–Crippen MR) is 129 cm³/mol. The zero-order chi connectivity index (χ0) is 22.1. The van der Waals surface area contributed by atoms with Crippen molar-refractivity contribution in [3.8, 4) is 0 Å². The molecule has 1 fully saturated rings. The summed E-state index contributed by atoms with van der Waals surface area (Å²) in [5.74, 6) is 0.507. The molecule has 3 aliphatic heterocycles. The molecule has 32 heavy (non-hydrogen) atoms. The minimum atomic E-state index is -0.0113. The third-order valence-corrected chi connectivity index (χ3v) is 6.57. The van der Waals surface area contributed by atoms with Crippen LogP contribution in [0.1, 0.15) is 37.4 Å². The fourth-order valence-electron chi connectivity index (χ4n) is 4.87. The smallest absolute Gasteiger partial charge is 0.255 e. The average Bonchev–Trinajstić information content (AvgIpc) is 3.17. The number of aromatic nitrogens is 2. The Bertz CT molecular complexity index is 1190. The molecule has 0 aliphatic carbocycles. The number of imidazole rings is 1. The molecule has 1 saturated heterocycles. The van der Waals surface area contributed by atoms with E-state index in [4.69, 9.17) is 0 Å². The number of amides is 1. The van der Waals surface area contributed by atoms with Gasteiger partial charge in [-0.3, -0.25) is 9.69 Å². The zero-order valence-corrected chi connectivity index (χ0v) is 18.9. The summed E-state index contributed by atoms with van der Waals surface area (Å²) < 4.78 is 2.01. The second kappa shape index (κ2) is 8.75. The molecule has 5 rings (SSSR count). The van der Waals surface area contributed by atoms with Gasteiger partial charge in [0.15, 0.2) is 0 Å². The molecule has 0 atom stereocenters. The van der Waals surface area contributed by atoms with Crippen molar-refractivity contribution < 1.29 is 4.79 Å². The maximum atomic E-state index is 13.3. The fourth-order valence-corrected chi connectivity index (χ4v) is 4.87. The first-order valence-corrected chi connectivity index (χ1v) is 11.6. The molecule has 0 unspecified atom stereocenters. The Morgan fingerprint density at radius 1 is 1.09 bits per heavy atom. The summed E-state index contributed by atoms with van der Waals surface area (Å²) in [4.78, 5) is 22.1. The molecule has 0 saturated carbocycles. The minimum Gasteiger partial charge on any atom is -0.306 e. The lowest BCUT2D eigenvalue weighted by Gasteiger charge is -2.34. The summed E-state index contributed by atoms with van der Waals surface area (Å²) in [7, 11) is 0. The Hall–Kier alpha value is -3.18. The van der Waals surface area contributed by atoms with Gasteiger partial charge in [-0.2, -0.15) is 0 Å². The summed E-state index contributed by atoms with van der Waals surface area (Å²) in [5.41, 5.74) is 5.96. The first-order valence-electron chi connectivity index (χ1n) is 11.6. The van der Waals surface area contributed by atoms with Gasteiger partial charge < -0.3 is 9.30 Å². The molecular formula is C27H30N4O. The van der Waals surface area contributed by atoms with E-state index >= 15 is 0 Å². The Balaban J connectivity index is 1.40. The van der Waals surface area contributed by atoms with Crippen LogP contribution in [-0.2, 0) is 4.79 Å². The SMILES string of the molecule is CCCN1CCC(C2=CN3C(=O)\C=C(c4ccc5nc(C)cn5c4)/C=C/C=C/3C=C2)CC1. The van der Waals surface area contributed by atoms with Crippen LogP contribution < -0.4 is 0 Å². The van der Waals surface area contributed by atoms with E-state index in [1.165, 1.54) is 18.5 Å². The van der Waals surface area contributed by atoms with E-state index in [0.717, 1.165) is 54.1 Å². The van der Waals surface area contributed by atoms with Gasteiger partial charge >= 0.3 is 0 Å². The molecule has 2 aromatic rings. The van der Waals surface area contributed by atoms with Gasteiger partial charge in [0, 0.05) is 30.4 Å². The molecule has 0 aromatic carbocycles.